The molecule has 0 radical (unpaired) electrons. The van der Waals surface area contributed by atoms with Crippen LogP contribution < -0.4 is 19.9 Å². The first-order chi connectivity index (χ1) is 25.7. The quantitative estimate of drug-likeness (QED) is 0.0538. The molecule has 0 unspecified atom stereocenters. The zero-order valence-electron chi connectivity index (χ0n) is 35.5. The fourth-order valence-corrected chi connectivity index (χ4v) is 7.32. The van der Waals surface area contributed by atoms with Gasteiger partial charge in [0.1, 0.15) is 0 Å². The van der Waals surface area contributed by atoms with Crippen molar-refractivity contribution in [2.24, 2.45) is 0 Å². The van der Waals surface area contributed by atoms with E-state index in [9.17, 15) is 0 Å². The third kappa shape index (κ3) is 30.8. The second kappa shape index (κ2) is 39.1. The van der Waals surface area contributed by atoms with Gasteiger partial charge < -0.3 is 19.9 Å². The Balaban J connectivity index is 2.42. The normalized spacial score (nSPS) is 11.4. The average Bonchev–Trinajstić information content (AvgIpc) is 3.14. The lowest BCUT2D eigenvalue weighted by atomic mass is 10.1. The lowest BCUT2D eigenvalue weighted by Crippen LogP contribution is -2.07. The molecule has 0 bridgehead atoms. The Morgan fingerprint density at radius 2 is 0.519 bits per heavy atom. The molecule has 1 rings (SSSR count). The van der Waals surface area contributed by atoms with Crippen LogP contribution in [0.1, 0.15) is 252 Å². The summed E-state index contributed by atoms with van der Waals surface area (Å²) in [4.78, 5) is 0. The van der Waals surface area contributed by atoms with Crippen LogP contribution >= 0.6 is 0 Å². The molecule has 0 aliphatic rings. The Kier molecular flexibility index (Phi) is 36.4. The smallest absolute Gasteiger partial charge is 0.203 e. The number of anilines is 1. The van der Waals surface area contributed by atoms with E-state index in [1.54, 1.807) is 0 Å². The molecule has 0 aromatic heterocycles. The molecule has 0 heterocycles. The van der Waals surface area contributed by atoms with E-state index >= 15 is 0 Å². The summed E-state index contributed by atoms with van der Waals surface area (Å²) in [6, 6.07) is 3.88. The lowest BCUT2D eigenvalue weighted by Gasteiger charge is -2.18. The minimum absolute atomic E-state index is 0.687. The van der Waals surface area contributed by atoms with Gasteiger partial charge in [-0.1, -0.05) is 233 Å². The molecule has 1 aromatic rings. The van der Waals surface area contributed by atoms with Crippen LogP contribution in [0.5, 0.6) is 17.2 Å². The summed E-state index contributed by atoms with van der Waals surface area (Å²) < 4.78 is 19.1. The molecule has 0 aliphatic carbocycles. The predicted octanol–water partition coefficient (Wildman–Crippen LogP) is 16.5. The van der Waals surface area contributed by atoms with E-state index in [1.165, 1.54) is 212 Å². The minimum atomic E-state index is 0.687. The van der Waals surface area contributed by atoms with E-state index in [1.807, 2.05) is 12.1 Å². The zero-order valence-corrected chi connectivity index (χ0v) is 35.5. The summed E-state index contributed by atoms with van der Waals surface area (Å²) in [7, 11) is 0. The summed E-state index contributed by atoms with van der Waals surface area (Å²) in [5, 5.41) is 0. The third-order valence-electron chi connectivity index (χ3n) is 10.8. The van der Waals surface area contributed by atoms with Gasteiger partial charge in [-0.15, -0.1) is 0 Å². The molecule has 0 aliphatic heterocycles. The van der Waals surface area contributed by atoms with Crippen molar-refractivity contribution in [3.63, 3.8) is 0 Å². The zero-order chi connectivity index (χ0) is 37.4. The number of rotatable bonds is 42. The van der Waals surface area contributed by atoms with Crippen LogP contribution in [0.4, 0.5) is 5.69 Å². The number of hydrogen-bond donors (Lipinski definition) is 1. The first-order valence-electron chi connectivity index (χ1n) is 23.5. The van der Waals surface area contributed by atoms with Gasteiger partial charge in [0.2, 0.25) is 5.75 Å². The maximum atomic E-state index is 6.44. The Morgan fingerprint density at radius 3 is 0.769 bits per heavy atom. The molecule has 0 fully saturated rings. The highest BCUT2D eigenvalue weighted by molar-refractivity contribution is 5.60. The summed E-state index contributed by atoms with van der Waals surface area (Å²) in [6.45, 7) is 8.98. The number of nitrogen functional groups attached to an aromatic ring is 1. The van der Waals surface area contributed by atoms with E-state index < -0.39 is 0 Å². The maximum Gasteiger partial charge on any atom is 0.203 e. The molecule has 0 atom stereocenters. The van der Waals surface area contributed by atoms with E-state index in [0.717, 1.165) is 36.5 Å². The fraction of sp³-hybridized carbons (Fsp3) is 0.875. The molecule has 0 spiro atoms. The van der Waals surface area contributed by atoms with Crippen molar-refractivity contribution in [1.82, 2.24) is 0 Å². The number of benzene rings is 1. The fourth-order valence-electron chi connectivity index (χ4n) is 7.32. The largest absolute Gasteiger partial charge is 0.489 e. The molecule has 1 aromatic carbocycles. The van der Waals surface area contributed by atoms with Crippen LogP contribution in [-0.4, -0.2) is 19.8 Å². The Labute approximate surface area is 325 Å². The molecule has 306 valence electrons. The Morgan fingerprint density at radius 1 is 0.308 bits per heavy atom. The first kappa shape index (κ1) is 48.4. The van der Waals surface area contributed by atoms with E-state index in [-0.39, 0.29) is 0 Å². The van der Waals surface area contributed by atoms with Crippen LogP contribution in [0.2, 0.25) is 0 Å². The summed E-state index contributed by atoms with van der Waals surface area (Å²) in [5.41, 5.74) is 7.06. The number of nitrogens with two attached hydrogens (primary N) is 1. The van der Waals surface area contributed by atoms with Crippen molar-refractivity contribution >= 4 is 5.69 Å². The van der Waals surface area contributed by atoms with Gasteiger partial charge >= 0.3 is 0 Å². The first-order valence-corrected chi connectivity index (χ1v) is 23.5. The van der Waals surface area contributed by atoms with Crippen LogP contribution in [0.15, 0.2) is 12.1 Å². The molecule has 2 N–H and O–H groups in total. The molecular weight excluding hydrogens is 639 g/mol. The SMILES string of the molecule is CCCCCCCCCCCCCCOc1cc(N)cc(OCCCCCCCCCCCCCC)c1OCCCCCCCCCCCCCC. The standard InChI is InChI=1S/C48H91NO3/c1-4-7-10-13-16-19-22-25-28-31-34-37-40-50-46-43-45(49)44-47(51-41-38-35-32-29-26-23-20-17-14-11-8-5-2)48(46)52-42-39-36-33-30-27-24-21-18-15-12-9-6-3/h43-44H,4-42,49H2,1-3H3. The van der Waals surface area contributed by atoms with Crippen molar-refractivity contribution in [3.05, 3.63) is 12.1 Å². The average molecular weight is 730 g/mol. The Hall–Kier alpha value is -1.58. The lowest BCUT2D eigenvalue weighted by molar-refractivity contribution is 0.234. The predicted molar refractivity (Wildman–Crippen MR) is 231 cm³/mol. The molecule has 0 saturated heterocycles. The monoisotopic (exact) mass is 730 g/mol. The van der Waals surface area contributed by atoms with Gasteiger partial charge in [-0.3, -0.25) is 0 Å². The van der Waals surface area contributed by atoms with Crippen molar-refractivity contribution in [2.45, 2.75) is 252 Å². The van der Waals surface area contributed by atoms with Crippen molar-refractivity contribution in [2.75, 3.05) is 25.6 Å². The molecule has 4 nitrogen and oxygen atoms in total. The molecule has 0 saturated carbocycles. The number of ether oxygens (including phenoxy) is 3. The molecule has 52 heavy (non-hydrogen) atoms. The van der Waals surface area contributed by atoms with Crippen LogP contribution in [0, 0.1) is 0 Å². The van der Waals surface area contributed by atoms with Gasteiger partial charge in [0.15, 0.2) is 11.5 Å². The van der Waals surface area contributed by atoms with Gasteiger partial charge in [-0.2, -0.15) is 0 Å². The molecule has 0 amide bonds. The van der Waals surface area contributed by atoms with Crippen molar-refractivity contribution in [3.8, 4) is 17.2 Å². The van der Waals surface area contributed by atoms with Crippen LogP contribution in [-0.2, 0) is 0 Å². The second-order valence-electron chi connectivity index (χ2n) is 16.1. The highest BCUT2D eigenvalue weighted by Crippen LogP contribution is 2.40. The number of unbranched alkanes of at least 4 members (excludes halogenated alkanes) is 33. The Bertz CT molecular complexity index is 807. The number of hydrogen-bond acceptors (Lipinski definition) is 4. The molecular formula is C48H91NO3. The van der Waals surface area contributed by atoms with Gasteiger partial charge in [-0.25, -0.2) is 0 Å². The van der Waals surface area contributed by atoms with Gasteiger partial charge in [-0.05, 0) is 19.3 Å². The molecule has 4 heteroatoms. The van der Waals surface area contributed by atoms with E-state index in [4.69, 9.17) is 19.9 Å². The highest BCUT2D eigenvalue weighted by Gasteiger charge is 2.15. The van der Waals surface area contributed by atoms with Crippen LogP contribution in [0.3, 0.4) is 0 Å². The van der Waals surface area contributed by atoms with Crippen LogP contribution in [0.25, 0.3) is 0 Å². The van der Waals surface area contributed by atoms with Crippen molar-refractivity contribution < 1.29 is 14.2 Å². The second-order valence-corrected chi connectivity index (χ2v) is 16.1. The van der Waals surface area contributed by atoms with Gasteiger partial charge in [0, 0.05) is 17.8 Å². The van der Waals surface area contributed by atoms with Gasteiger partial charge in [0.25, 0.3) is 0 Å². The summed E-state index contributed by atoms with van der Waals surface area (Å²) >= 11 is 0. The highest BCUT2D eigenvalue weighted by atomic mass is 16.5. The maximum absolute atomic E-state index is 6.44. The van der Waals surface area contributed by atoms with Gasteiger partial charge in [0.05, 0.1) is 19.8 Å². The van der Waals surface area contributed by atoms with E-state index in [0.29, 0.717) is 25.5 Å². The minimum Gasteiger partial charge on any atom is -0.489 e. The van der Waals surface area contributed by atoms with Crippen molar-refractivity contribution in [1.29, 1.82) is 0 Å². The topological polar surface area (TPSA) is 53.7 Å². The van der Waals surface area contributed by atoms with E-state index in [2.05, 4.69) is 20.8 Å². The summed E-state index contributed by atoms with van der Waals surface area (Å²) in [6.07, 6.45) is 48.3. The summed E-state index contributed by atoms with van der Waals surface area (Å²) in [5.74, 6) is 2.27. The third-order valence-corrected chi connectivity index (χ3v) is 10.8.